The summed E-state index contributed by atoms with van der Waals surface area (Å²) in [4.78, 5) is 25.9. The molecule has 0 aromatic carbocycles. The molecule has 1 aliphatic heterocycles. The lowest BCUT2D eigenvalue weighted by Gasteiger charge is -2.26. The Morgan fingerprint density at radius 3 is 2.61 bits per heavy atom. The number of aryl methyl sites for hydroxylation is 1. The zero-order valence-corrected chi connectivity index (χ0v) is 15.5. The fourth-order valence-electron chi connectivity index (χ4n) is 2.29. The molecule has 0 bridgehead atoms. The molecule has 0 spiro atoms. The van der Waals surface area contributed by atoms with Crippen molar-refractivity contribution in [2.75, 3.05) is 13.2 Å². The maximum atomic E-state index is 12.3. The molecule has 0 atom stereocenters. The first-order valence-electron chi connectivity index (χ1n) is 7.63. The van der Waals surface area contributed by atoms with Gasteiger partial charge in [0, 0.05) is 13.1 Å². The van der Waals surface area contributed by atoms with E-state index >= 15 is 0 Å². The zero-order chi connectivity index (χ0) is 17.2. The van der Waals surface area contributed by atoms with Gasteiger partial charge < -0.3 is 14.4 Å². The molecule has 0 N–H and O–H groups in total. The van der Waals surface area contributed by atoms with Gasteiger partial charge in [-0.3, -0.25) is 4.68 Å². The molecule has 7 nitrogen and oxygen atoms in total. The number of carbonyl (C=O) groups is 2. The molecule has 1 aliphatic rings. The molecule has 0 fully saturated rings. The van der Waals surface area contributed by atoms with E-state index < -0.39 is 11.6 Å². The topological polar surface area (TPSA) is 73.7 Å². The van der Waals surface area contributed by atoms with Crippen molar-refractivity contribution in [2.24, 2.45) is 0 Å². The molecule has 1 aromatic rings. The normalized spacial score (nSPS) is 14.9. The van der Waals surface area contributed by atoms with Crippen molar-refractivity contribution in [3.8, 4) is 0 Å². The lowest BCUT2D eigenvalue weighted by Crippen LogP contribution is -2.36. The number of esters is 1. The summed E-state index contributed by atoms with van der Waals surface area (Å²) in [5.41, 5.74) is 0.473. The predicted molar refractivity (Wildman–Crippen MR) is 87.1 cm³/mol. The number of halogens is 1. The van der Waals surface area contributed by atoms with Crippen LogP contribution >= 0.6 is 15.9 Å². The summed E-state index contributed by atoms with van der Waals surface area (Å²) in [5, 5.41) is 4.31. The van der Waals surface area contributed by atoms with Gasteiger partial charge in [0.1, 0.15) is 5.60 Å². The van der Waals surface area contributed by atoms with Gasteiger partial charge in [-0.1, -0.05) is 0 Å². The third kappa shape index (κ3) is 4.25. The van der Waals surface area contributed by atoms with Crippen LogP contribution in [0.5, 0.6) is 0 Å². The number of fused-ring (bicyclic) bond motifs is 1. The largest absolute Gasteiger partial charge is 0.461 e. The van der Waals surface area contributed by atoms with Crippen molar-refractivity contribution in [2.45, 2.75) is 52.8 Å². The van der Waals surface area contributed by atoms with Crippen molar-refractivity contribution >= 4 is 28.0 Å². The van der Waals surface area contributed by atoms with Gasteiger partial charge in [0.05, 0.1) is 23.3 Å². The van der Waals surface area contributed by atoms with Crippen LogP contribution in [-0.2, 0) is 22.6 Å². The van der Waals surface area contributed by atoms with Crippen LogP contribution in [0, 0.1) is 0 Å². The predicted octanol–water partition coefficient (Wildman–Crippen LogP) is 2.96. The van der Waals surface area contributed by atoms with Crippen molar-refractivity contribution in [1.82, 2.24) is 14.7 Å². The summed E-state index contributed by atoms with van der Waals surface area (Å²) in [6, 6.07) is 0. The van der Waals surface area contributed by atoms with E-state index in [1.807, 2.05) is 20.8 Å². The highest BCUT2D eigenvalue weighted by Crippen LogP contribution is 2.26. The number of amides is 1. The first kappa shape index (κ1) is 17.8. The summed E-state index contributed by atoms with van der Waals surface area (Å²) in [5.74, 6) is -0.469. The van der Waals surface area contributed by atoms with Gasteiger partial charge in [0.15, 0.2) is 5.69 Å². The molecule has 0 aliphatic carbocycles. The Bertz CT molecular complexity index is 607. The molecule has 0 saturated heterocycles. The maximum Gasteiger partial charge on any atom is 0.410 e. The van der Waals surface area contributed by atoms with Crippen LogP contribution in [-0.4, -0.2) is 45.5 Å². The van der Waals surface area contributed by atoms with Crippen molar-refractivity contribution < 1.29 is 19.1 Å². The number of carbonyl (C=O) groups excluding carboxylic acids is 2. The molecule has 2 rings (SSSR count). The van der Waals surface area contributed by atoms with Crippen LogP contribution in [0.4, 0.5) is 4.79 Å². The fourth-order valence-corrected chi connectivity index (χ4v) is 2.87. The fraction of sp³-hybridized carbons (Fsp3) is 0.667. The Morgan fingerprint density at radius 1 is 1.30 bits per heavy atom. The second kappa shape index (κ2) is 6.90. The first-order valence-corrected chi connectivity index (χ1v) is 8.42. The van der Waals surface area contributed by atoms with Crippen LogP contribution in [0.25, 0.3) is 0 Å². The van der Waals surface area contributed by atoms with Crippen LogP contribution in [0.3, 0.4) is 0 Å². The van der Waals surface area contributed by atoms with Gasteiger partial charge in [-0.05, 0) is 50.0 Å². The van der Waals surface area contributed by atoms with Crippen molar-refractivity contribution in [3.63, 3.8) is 0 Å². The first-order chi connectivity index (χ1) is 10.7. The average molecular weight is 388 g/mol. The van der Waals surface area contributed by atoms with E-state index in [2.05, 4.69) is 21.0 Å². The van der Waals surface area contributed by atoms with E-state index in [0.717, 1.165) is 12.1 Å². The molecular weight excluding hydrogens is 366 g/mol. The second-order valence-electron chi connectivity index (χ2n) is 6.31. The van der Waals surface area contributed by atoms with Crippen LogP contribution in [0.2, 0.25) is 0 Å². The quantitative estimate of drug-likeness (QED) is 0.729. The molecule has 1 aromatic heterocycles. The highest BCUT2D eigenvalue weighted by atomic mass is 79.9. The van der Waals surface area contributed by atoms with Gasteiger partial charge in [0.25, 0.3) is 0 Å². The summed E-state index contributed by atoms with van der Waals surface area (Å²) in [6.07, 6.45) is 0.375. The number of hydrogen-bond acceptors (Lipinski definition) is 5. The molecule has 0 radical (unpaired) electrons. The van der Waals surface area contributed by atoms with E-state index in [9.17, 15) is 9.59 Å². The van der Waals surface area contributed by atoms with Gasteiger partial charge in [-0.25, -0.2) is 9.59 Å². The molecule has 2 heterocycles. The molecule has 23 heavy (non-hydrogen) atoms. The molecule has 0 saturated carbocycles. The number of hydrogen-bond donors (Lipinski definition) is 0. The monoisotopic (exact) mass is 387 g/mol. The Hall–Kier alpha value is -1.57. The number of nitrogens with zero attached hydrogens (tertiary/aromatic N) is 3. The summed E-state index contributed by atoms with van der Waals surface area (Å²) in [7, 11) is 0. The Kier molecular flexibility index (Phi) is 5.33. The smallest absolute Gasteiger partial charge is 0.410 e. The molecular formula is C15H22BrN3O4. The maximum absolute atomic E-state index is 12.3. The number of rotatable bonds is 2. The van der Waals surface area contributed by atoms with Gasteiger partial charge >= 0.3 is 12.1 Å². The van der Waals surface area contributed by atoms with Crippen molar-refractivity contribution in [1.29, 1.82) is 0 Å². The number of aromatic nitrogens is 2. The molecule has 0 unspecified atom stereocenters. The van der Waals surface area contributed by atoms with Gasteiger partial charge in [-0.2, -0.15) is 5.10 Å². The lowest BCUT2D eigenvalue weighted by atomic mass is 10.2. The minimum absolute atomic E-state index is 0.243. The SMILES string of the molecule is CCOC(=O)c1nn2c(c1Br)CN(C(=O)OC(C)(C)C)CCC2. The van der Waals surface area contributed by atoms with E-state index in [0.29, 0.717) is 24.1 Å². The van der Waals surface area contributed by atoms with Crippen LogP contribution in [0.1, 0.15) is 50.3 Å². The Morgan fingerprint density at radius 2 is 2.00 bits per heavy atom. The van der Waals surface area contributed by atoms with Crippen LogP contribution in [0.15, 0.2) is 4.47 Å². The van der Waals surface area contributed by atoms with E-state index in [1.54, 1.807) is 16.5 Å². The van der Waals surface area contributed by atoms with Crippen LogP contribution < -0.4 is 0 Å². The summed E-state index contributed by atoms with van der Waals surface area (Å²) >= 11 is 3.42. The van der Waals surface area contributed by atoms with Gasteiger partial charge in [-0.15, -0.1) is 0 Å². The second-order valence-corrected chi connectivity index (χ2v) is 7.10. The third-order valence-electron chi connectivity index (χ3n) is 3.25. The van der Waals surface area contributed by atoms with E-state index in [4.69, 9.17) is 9.47 Å². The average Bonchev–Trinajstić information content (AvgIpc) is 2.62. The minimum atomic E-state index is -0.545. The highest BCUT2D eigenvalue weighted by molar-refractivity contribution is 9.10. The summed E-state index contributed by atoms with van der Waals surface area (Å²) in [6.45, 7) is 9.09. The van der Waals surface area contributed by atoms with E-state index in [1.165, 1.54) is 0 Å². The summed E-state index contributed by atoms with van der Waals surface area (Å²) < 4.78 is 12.8. The lowest BCUT2D eigenvalue weighted by molar-refractivity contribution is 0.0236. The van der Waals surface area contributed by atoms with Gasteiger partial charge in [0.2, 0.25) is 0 Å². The third-order valence-corrected chi connectivity index (χ3v) is 4.09. The minimum Gasteiger partial charge on any atom is -0.461 e. The molecule has 1 amide bonds. The van der Waals surface area contributed by atoms with Crippen molar-refractivity contribution in [3.05, 3.63) is 15.9 Å². The van der Waals surface area contributed by atoms with E-state index in [-0.39, 0.29) is 18.4 Å². The standard InChI is InChI=1S/C15H22BrN3O4/c1-5-22-13(20)12-11(16)10-9-18(7-6-8-19(10)17-12)14(21)23-15(2,3)4/h5-9H2,1-4H3. The molecule has 128 valence electrons. The Labute approximate surface area is 144 Å². The molecule has 8 heteroatoms. The Balaban J connectivity index is 2.22. The number of ether oxygens (including phenoxy) is 2. The highest BCUT2D eigenvalue weighted by Gasteiger charge is 2.29. The zero-order valence-electron chi connectivity index (χ0n) is 13.9.